The number of halogens is 1. The van der Waals surface area contributed by atoms with Crippen LogP contribution in [0.2, 0.25) is 0 Å². The molecule has 0 unspecified atom stereocenters. The van der Waals surface area contributed by atoms with Gasteiger partial charge in [0.1, 0.15) is 5.82 Å². The third kappa shape index (κ3) is 3.08. The number of nitrogens with zero attached hydrogens (tertiary/aromatic N) is 1. The minimum atomic E-state index is -0.563. The molecule has 2 aromatic rings. The maximum Gasteiger partial charge on any atom is 0.258 e. The molecule has 4 nitrogen and oxygen atoms in total. The molecule has 0 saturated carbocycles. The summed E-state index contributed by atoms with van der Waals surface area (Å²) < 4.78 is 13.7. The smallest absolute Gasteiger partial charge is 0.258 e. The Morgan fingerprint density at radius 3 is 2.70 bits per heavy atom. The number of amides is 2. The Labute approximate surface area is 133 Å². The molecular formula is C18H17FN2O2. The van der Waals surface area contributed by atoms with E-state index >= 15 is 0 Å². The predicted octanol–water partition coefficient (Wildman–Crippen LogP) is 3.51. The maximum atomic E-state index is 13.7. The van der Waals surface area contributed by atoms with Crippen molar-refractivity contribution in [3.63, 3.8) is 0 Å². The third-order valence-electron chi connectivity index (χ3n) is 3.95. The molecule has 2 amide bonds. The first kappa shape index (κ1) is 15.2. The molecule has 2 aromatic carbocycles. The van der Waals surface area contributed by atoms with E-state index in [1.54, 1.807) is 23.1 Å². The lowest BCUT2D eigenvalue weighted by Crippen LogP contribution is -2.24. The standard InChI is InChI=1S/C18H17FN2O2/c1-12-8-9-13(11-16(12)21-10-4-7-17(21)22)20-18(23)14-5-2-3-6-15(14)19/h2-3,5-6,8-9,11H,4,7,10H2,1H3,(H,20,23). The molecule has 118 valence electrons. The average Bonchev–Trinajstić information content (AvgIpc) is 2.95. The van der Waals surface area contributed by atoms with Gasteiger partial charge in [0.25, 0.3) is 5.91 Å². The topological polar surface area (TPSA) is 49.4 Å². The molecule has 1 heterocycles. The highest BCUT2D eigenvalue weighted by Gasteiger charge is 2.23. The van der Waals surface area contributed by atoms with Gasteiger partial charge in [-0.3, -0.25) is 9.59 Å². The van der Waals surface area contributed by atoms with Crippen molar-refractivity contribution in [2.75, 3.05) is 16.8 Å². The highest BCUT2D eigenvalue weighted by molar-refractivity contribution is 6.05. The summed E-state index contributed by atoms with van der Waals surface area (Å²) in [4.78, 5) is 25.8. The lowest BCUT2D eigenvalue weighted by molar-refractivity contribution is -0.117. The zero-order valence-electron chi connectivity index (χ0n) is 12.8. The van der Waals surface area contributed by atoms with Crippen molar-refractivity contribution in [3.8, 4) is 0 Å². The van der Waals surface area contributed by atoms with Gasteiger partial charge in [-0.15, -0.1) is 0 Å². The molecule has 3 rings (SSSR count). The first-order valence-electron chi connectivity index (χ1n) is 7.53. The van der Waals surface area contributed by atoms with Crippen LogP contribution in [0.3, 0.4) is 0 Å². The highest BCUT2D eigenvalue weighted by atomic mass is 19.1. The van der Waals surface area contributed by atoms with Crippen molar-refractivity contribution < 1.29 is 14.0 Å². The number of hydrogen-bond donors (Lipinski definition) is 1. The van der Waals surface area contributed by atoms with Crippen LogP contribution in [0.4, 0.5) is 15.8 Å². The van der Waals surface area contributed by atoms with Crippen LogP contribution in [0.5, 0.6) is 0 Å². The van der Waals surface area contributed by atoms with Crippen LogP contribution in [0.25, 0.3) is 0 Å². The zero-order chi connectivity index (χ0) is 16.4. The van der Waals surface area contributed by atoms with Crippen molar-refractivity contribution in [1.82, 2.24) is 0 Å². The number of carbonyl (C=O) groups excluding carboxylic acids is 2. The zero-order valence-corrected chi connectivity index (χ0v) is 12.8. The molecule has 0 bridgehead atoms. The summed E-state index contributed by atoms with van der Waals surface area (Å²) in [5.41, 5.74) is 2.29. The second-order valence-electron chi connectivity index (χ2n) is 5.58. The molecule has 1 aliphatic heterocycles. The van der Waals surface area contributed by atoms with Crippen molar-refractivity contribution in [2.24, 2.45) is 0 Å². The Kier molecular flexibility index (Phi) is 4.10. The number of rotatable bonds is 3. The number of benzene rings is 2. The quantitative estimate of drug-likeness (QED) is 0.943. The predicted molar refractivity (Wildman–Crippen MR) is 87.1 cm³/mol. The first-order valence-corrected chi connectivity index (χ1v) is 7.53. The van der Waals surface area contributed by atoms with Crippen molar-refractivity contribution in [2.45, 2.75) is 19.8 Å². The van der Waals surface area contributed by atoms with Gasteiger partial charge in [0.05, 0.1) is 5.56 Å². The van der Waals surface area contributed by atoms with Crippen molar-refractivity contribution in [1.29, 1.82) is 0 Å². The van der Waals surface area contributed by atoms with Gasteiger partial charge in [-0.2, -0.15) is 0 Å². The van der Waals surface area contributed by atoms with Gasteiger partial charge in [-0.25, -0.2) is 4.39 Å². The Hall–Kier alpha value is -2.69. The minimum absolute atomic E-state index is 0.00752. The van der Waals surface area contributed by atoms with Gasteiger partial charge >= 0.3 is 0 Å². The number of anilines is 2. The monoisotopic (exact) mass is 312 g/mol. The van der Waals surface area contributed by atoms with Crippen LogP contribution >= 0.6 is 0 Å². The van der Waals surface area contributed by atoms with Crippen LogP contribution in [0, 0.1) is 12.7 Å². The largest absolute Gasteiger partial charge is 0.322 e. The molecule has 1 N–H and O–H groups in total. The van der Waals surface area contributed by atoms with Crippen molar-refractivity contribution >= 4 is 23.2 Å². The fourth-order valence-corrected chi connectivity index (χ4v) is 2.72. The van der Waals surface area contributed by atoms with E-state index in [0.29, 0.717) is 18.7 Å². The summed E-state index contributed by atoms with van der Waals surface area (Å²) in [7, 11) is 0. The minimum Gasteiger partial charge on any atom is -0.322 e. The van der Waals surface area contributed by atoms with Gasteiger partial charge in [0, 0.05) is 24.3 Å². The maximum absolute atomic E-state index is 13.7. The SMILES string of the molecule is Cc1ccc(NC(=O)c2ccccc2F)cc1N1CCCC1=O. The summed E-state index contributed by atoms with van der Waals surface area (Å²) in [5.74, 6) is -0.983. The summed E-state index contributed by atoms with van der Waals surface area (Å²) in [6.07, 6.45) is 1.38. The van der Waals surface area contributed by atoms with Crippen LogP contribution < -0.4 is 10.2 Å². The Bertz CT molecular complexity index is 773. The van der Waals surface area contributed by atoms with E-state index in [2.05, 4.69) is 5.32 Å². The van der Waals surface area contributed by atoms with Gasteiger partial charge < -0.3 is 10.2 Å². The number of hydrogen-bond acceptors (Lipinski definition) is 2. The number of carbonyl (C=O) groups is 2. The van der Waals surface area contributed by atoms with Gasteiger partial charge in [-0.1, -0.05) is 18.2 Å². The second kappa shape index (κ2) is 6.20. The van der Waals surface area contributed by atoms with E-state index < -0.39 is 11.7 Å². The number of nitrogens with one attached hydrogen (secondary N) is 1. The molecule has 0 aliphatic carbocycles. The van der Waals surface area contributed by atoms with E-state index in [1.807, 2.05) is 13.0 Å². The summed E-state index contributed by atoms with van der Waals surface area (Å²) >= 11 is 0. The van der Waals surface area contributed by atoms with Crippen LogP contribution in [-0.4, -0.2) is 18.4 Å². The third-order valence-corrected chi connectivity index (χ3v) is 3.95. The molecular weight excluding hydrogens is 295 g/mol. The molecule has 1 aliphatic rings. The van der Waals surface area contributed by atoms with E-state index in [-0.39, 0.29) is 11.5 Å². The molecule has 23 heavy (non-hydrogen) atoms. The number of aryl methyl sites for hydroxylation is 1. The van der Waals surface area contributed by atoms with Gasteiger partial charge in [0.15, 0.2) is 0 Å². The van der Waals surface area contributed by atoms with Crippen LogP contribution in [0.1, 0.15) is 28.8 Å². The average molecular weight is 312 g/mol. The normalized spacial score (nSPS) is 14.2. The van der Waals surface area contributed by atoms with Crippen molar-refractivity contribution in [3.05, 3.63) is 59.4 Å². The lowest BCUT2D eigenvalue weighted by Gasteiger charge is -2.19. The van der Waals surface area contributed by atoms with Crippen LogP contribution in [-0.2, 0) is 4.79 Å². The first-order chi connectivity index (χ1) is 11.1. The Morgan fingerprint density at radius 2 is 2.00 bits per heavy atom. The molecule has 0 aromatic heterocycles. The molecule has 5 heteroatoms. The van der Waals surface area contributed by atoms with Gasteiger partial charge in [-0.05, 0) is 43.2 Å². The Morgan fingerprint density at radius 1 is 1.22 bits per heavy atom. The van der Waals surface area contributed by atoms with E-state index in [9.17, 15) is 14.0 Å². The Balaban J connectivity index is 1.85. The highest BCUT2D eigenvalue weighted by Crippen LogP contribution is 2.28. The molecule has 1 fully saturated rings. The molecule has 0 atom stereocenters. The fraction of sp³-hybridized carbons (Fsp3) is 0.222. The molecule has 0 spiro atoms. The summed E-state index contributed by atoms with van der Waals surface area (Å²) in [6, 6.07) is 11.2. The van der Waals surface area contributed by atoms with Crippen LogP contribution in [0.15, 0.2) is 42.5 Å². The van der Waals surface area contributed by atoms with E-state index in [4.69, 9.17) is 0 Å². The summed E-state index contributed by atoms with van der Waals surface area (Å²) in [5, 5.41) is 2.69. The van der Waals surface area contributed by atoms with E-state index in [0.717, 1.165) is 17.7 Å². The second-order valence-corrected chi connectivity index (χ2v) is 5.58. The summed E-state index contributed by atoms with van der Waals surface area (Å²) in [6.45, 7) is 2.60. The lowest BCUT2D eigenvalue weighted by atomic mass is 10.1. The molecule has 1 saturated heterocycles. The fourth-order valence-electron chi connectivity index (χ4n) is 2.72. The molecule has 0 radical (unpaired) electrons. The van der Waals surface area contributed by atoms with E-state index in [1.165, 1.54) is 18.2 Å². The van der Waals surface area contributed by atoms with Gasteiger partial charge in [0.2, 0.25) is 5.91 Å².